The van der Waals surface area contributed by atoms with Crippen molar-refractivity contribution in [1.29, 1.82) is 0 Å². The quantitative estimate of drug-likeness (QED) is 0.697. The number of amides is 1. The van der Waals surface area contributed by atoms with Gasteiger partial charge in [0.2, 0.25) is 0 Å². The molecule has 0 saturated carbocycles. The van der Waals surface area contributed by atoms with Crippen LogP contribution >= 0.6 is 15.9 Å². The van der Waals surface area contributed by atoms with Crippen molar-refractivity contribution in [1.82, 2.24) is 9.80 Å². The monoisotopic (exact) mass is 442 g/mol. The minimum Gasteiger partial charge on any atom is -0.434 e. The molecule has 1 heterocycles. The summed E-state index contributed by atoms with van der Waals surface area (Å²) in [6.07, 6.45) is 0. The summed E-state index contributed by atoms with van der Waals surface area (Å²) in [5, 5.41) is 0. The second-order valence-corrected chi connectivity index (χ2v) is 7.13. The SMILES string of the molecule is O=C(c1cc(Br)ccc1OC(F)F)N1CCN(Cc2cccc(F)c2)CC1. The van der Waals surface area contributed by atoms with Gasteiger partial charge in [0.05, 0.1) is 5.56 Å². The molecule has 0 atom stereocenters. The Morgan fingerprint density at radius 3 is 2.52 bits per heavy atom. The van der Waals surface area contributed by atoms with E-state index in [1.165, 1.54) is 24.3 Å². The van der Waals surface area contributed by atoms with Gasteiger partial charge in [-0.15, -0.1) is 0 Å². The van der Waals surface area contributed by atoms with Crippen molar-refractivity contribution in [3.05, 3.63) is 63.9 Å². The van der Waals surface area contributed by atoms with E-state index in [4.69, 9.17) is 0 Å². The van der Waals surface area contributed by atoms with Crippen LogP contribution in [0.4, 0.5) is 13.2 Å². The minimum absolute atomic E-state index is 0.100. The molecule has 0 aromatic heterocycles. The first-order chi connectivity index (χ1) is 12.9. The van der Waals surface area contributed by atoms with E-state index < -0.39 is 6.61 Å². The molecule has 1 aliphatic rings. The van der Waals surface area contributed by atoms with Crippen molar-refractivity contribution in [3.63, 3.8) is 0 Å². The number of hydrogen-bond donors (Lipinski definition) is 0. The van der Waals surface area contributed by atoms with E-state index in [0.29, 0.717) is 37.2 Å². The largest absolute Gasteiger partial charge is 0.434 e. The molecular weight excluding hydrogens is 425 g/mol. The van der Waals surface area contributed by atoms with Gasteiger partial charge in [-0.2, -0.15) is 8.78 Å². The van der Waals surface area contributed by atoms with E-state index in [9.17, 15) is 18.0 Å². The van der Waals surface area contributed by atoms with E-state index in [0.717, 1.165) is 5.56 Å². The van der Waals surface area contributed by atoms with E-state index in [1.54, 1.807) is 17.0 Å². The number of alkyl halides is 2. The lowest BCUT2D eigenvalue weighted by Crippen LogP contribution is -2.48. The molecular formula is C19H18BrF3N2O2. The first kappa shape index (κ1) is 19.7. The highest BCUT2D eigenvalue weighted by molar-refractivity contribution is 9.10. The summed E-state index contributed by atoms with van der Waals surface area (Å²) in [7, 11) is 0. The zero-order valence-corrected chi connectivity index (χ0v) is 16.0. The van der Waals surface area contributed by atoms with E-state index in [-0.39, 0.29) is 23.0 Å². The summed E-state index contributed by atoms with van der Waals surface area (Å²) in [6, 6.07) is 10.8. The number of carbonyl (C=O) groups excluding carboxylic acids is 1. The van der Waals surface area contributed by atoms with Crippen molar-refractivity contribution in [2.45, 2.75) is 13.2 Å². The highest BCUT2D eigenvalue weighted by Gasteiger charge is 2.25. The molecule has 2 aromatic rings. The van der Waals surface area contributed by atoms with Crippen LogP contribution in [0, 0.1) is 5.82 Å². The average molecular weight is 443 g/mol. The molecule has 1 fully saturated rings. The topological polar surface area (TPSA) is 32.8 Å². The molecule has 1 aliphatic heterocycles. The van der Waals surface area contributed by atoms with Gasteiger partial charge in [0, 0.05) is 37.2 Å². The Morgan fingerprint density at radius 2 is 1.85 bits per heavy atom. The molecule has 0 spiro atoms. The Balaban J connectivity index is 1.64. The average Bonchev–Trinajstić information content (AvgIpc) is 2.63. The maximum atomic E-state index is 13.3. The lowest BCUT2D eigenvalue weighted by atomic mass is 10.1. The van der Waals surface area contributed by atoms with Crippen LogP contribution in [0.1, 0.15) is 15.9 Å². The molecule has 0 bridgehead atoms. The zero-order valence-electron chi connectivity index (χ0n) is 14.4. The second-order valence-electron chi connectivity index (χ2n) is 6.22. The summed E-state index contributed by atoms with van der Waals surface area (Å²) < 4.78 is 43.6. The van der Waals surface area contributed by atoms with Gasteiger partial charge in [-0.25, -0.2) is 4.39 Å². The number of nitrogens with zero attached hydrogens (tertiary/aromatic N) is 2. The van der Waals surface area contributed by atoms with Gasteiger partial charge in [-0.1, -0.05) is 28.1 Å². The minimum atomic E-state index is -3.00. The third-order valence-electron chi connectivity index (χ3n) is 4.34. The van der Waals surface area contributed by atoms with E-state index >= 15 is 0 Å². The highest BCUT2D eigenvalue weighted by atomic mass is 79.9. The maximum Gasteiger partial charge on any atom is 0.387 e. The number of carbonyl (C=O) groups is 1. The summed E-state index contributed by atoms with van der Waals surface area (Å²) in [5.74, 6) is -0.764. The number of ether oxygens (including phenoxy) is 1. The summed E-state index contributed by atoms with van der Waals surface area (Å²) in [4.78, 5) is 16.5. The Morgan fingerprint density at radius 1 is 1.11 bits per heavy atom. The van der Waals surface area contributed by atoms with E-state index in [2.05, 4.69) is 25.6 Å². The third-order valence-corrected chi connectivity index (χ3v) is 4.84. The normalized spacial score (nSPS) is 15.2. The zero-order chi connectivity index (χ0) is 19.4. The fourth-order valence-corrected chi connectivity index (χ4v) is 3.40. The first-order valence-corrected chi connectivity index (χ1v) is 9.22. The Hall–Kier alpha value is -2.06. The van der Waals surface area contributed by atoms with Crippen molar-refractivity contribution in [3.8, 4) is 5.75 Å². The Kier molecular flexibility index (Phi) is 6.38. The van der Waals surface area contributed by atoms with Crippen molar-refractivity contribution >= 4 is 21.8 Å². The van der Waals surface area contributed by atoms with Crippen LogP contribution in [0.15, 0.2) is 46.9 Å². The van der Waals surface area contributed by atoms with Gasteiger partial charge in [-0.05, 0) is 35.9 Å². The predicted molar refractivity (Wildman–Crippen MR) is 98.4 cm³/mol. The number of rotatable bonds is 5. The number of benzene rings is 2. The number of hydrogen-bond acceptors (Lipinski definition) is 3. The fraction of sp³-hybridized carbons (Fsp3) is 0.316. The fourth-order valence-electron chi connectivity index (χ4n) is 3.04. The van der Waals surface area contributed by atoms with Gasteiger partial charge in [0.1, 0.15) is 11.6 Å². The smallest absolute Gasteiger partial charge is 0.387 e. The van der Waals surface area contributed by atoms with Gasteiger partial charge in [-0.3, -0.25) is 9.69 Å². The summed E-state index contributed by atoms with van der Waals surface area (Å²) >= 11 is 3.25. The van der Waals surface area contributed by atoms with Crippen molar-refractivity contribution in [2.75, 3.05) is 26.2 Å². The van der Waals surface area contributed by atoms with Crippen LogP contribution in [0.3, 0.4) is 0 Å². The van der Waals surface area contributed by atoms with E-state index in [1.807, 2.05) is 6.07 Å². The van der Waals surface area contributed by atoms with Gasteiger partial charge in [0.25, 0.3) is 5.91 Å². The standard InChI is InChI=1S/C19H18BrF3N2O2/c20-14-4-5-17(27-19(22)23)16(11-14)18(26)25-8-6-24(7-9-25)12-13-2-1-3-15(21)10-13/h1-5,10-11,19H,6-9,12H2. The first-order valence-electron chi connectivity index (χ1n) is 8.43. The molecule has 27 heavy (non-hydrogen) atoms. The highest BCUT2D eigenvalue weighted by Crippen LogP contribution is 2.26. The molecule has 1 saturated heterocycles. The summed E-state index contributed by atoms with van der Waals surface area (Å²) in [5.41, 5.74) is 0.970. The second kappa shape index (κ2) is 8.75. The molecule has 144 valence electrons. The van der Waals surface area contributed by atoms with Crippen LogP contribution in [0.5, 0.6) is 5.75 Å². The van der Waals surface area contributed by atoms with Crippen molar-refractivity contribution in [2.24, 2.45) is 0 Å². The van der Waals surface area contributed by atoms with Gasteiger partial charge in [0.15, 0.2) is 0 Å². The third kappa shape index (κ3) is 5.23. The lowest BCUT2D eigenvalue weighted by Gasteiger charge is -2.35. The molecule has 4 nitrogen and oxygen atoms in total. The Bertz CT molecular complexity index is 811. The predicted octanol–water partition coefficient (Wildman–Crippen LogP) is 4.15. The molecule has 2 aromatic carbocycles. The molecule has 0 radical (unpaired) electrons. The van der Waals surface area contributed by atoms with Crippen LogP contribution in [-0.2, 0) is 6.54 Å². The molecule has 8 heteroatoms. The number of halogens is 4. The molecule has 0 aliphatic carbocycles. The van der Waals surface area contributed by atoms with Gasteiger partial charge < -0.3 is 9.64 Å². The summed E-state index contributed by atoms with van der Waals surface area (Å²) in [6.45, 7) is -0.274. The molecule has 0 unspecified atom stereocenters. The molecule has 0 N–H and O–H groups in total. The number of piperazine rings is 1. The van der Waals surface area contributed by atoms with Crippen LogP contribution in [0.2, 0.25) is 0 Å². The van der Waals surface area contributed by atoms with Crippen LogP contribution in [0.25, 0.3) is 0 Å². The molecule has 3 rings (SSSR count). The van der Waals surface area contributed by atoms with Gasteiger partial charge >= 0.3 is 6.61 Å². The van der Waals surface area contributed by atoms with Crippen LogP contribution in [-0.4, -0.2) is 48.5 Å². The van der Waals surface area contributed by atoms with Crippen LogP contribution < -0.4 is 4.74 Å². The maximum absolute atomic E-state index is 13.3. The Labute approximate surface area is 163 Å². The van der Waals surface area contributed by atoms with Crippen molar-refractivity contribution < 1.29 is 22.7 Å². The lowest BCUT2D eigenvalue weighted by molar-refractivity contribution is -0.0503. The molecule has 1 amide bonds.